The zero-order chi connectivity index (χ0) is 14.0. The number of rotatable bonds is 4. The van der Waals surface area contributed by atoms with Gasteiger partial charge in [0.15, 0.2) is 0 Å². The highest BCUT2D eigenvalue weighted by Crippen LogP contribution is 2.15. The molecule has 1 aromatic carbocycles. The zero-order valence-electron chi connectivity index (χ0n) is 11.2. The molecular weight excluding hydrogens is 232 g/mol. The second kappa shape index (κ2) is 9.18. The van der Waals surface area contributed by atoms with Crippen molar-refractivity contribution in [1.82, 2.24) is 5.32 Å². The molecule has 5 nitrogen and oxygen atoms in total. The lowest BCUT2D eigenvalue weighted by molar-refractivity contribution is -0.109. The maximum atomic E-state index is 9.22. The Morgan fingerprint density at radius 2 is 2.17 bits per heavy atom. The van der Waals surface area contributed by atoms with Gasteiger partial charge in [-0.1, -0.05) is 23.4 Å². The van der Waals surface area contributed by atoms with E-state index in [0.29, 0.717) is 6.41 Å². The van der Waals surface area contributed by atoms with Crippen LogP contribution in [0.4, 0.5) is 0 Å². The van der Waals surface area contributed by atoms with E-state index < -0.39 is 0 Å². The molecule has 0 fully saturated rings. The molecule has 0 bridgehead atoms. The molecule has 1 rings (SSSR count). The van der Waals surface area contributed by atoms with Crippen LogP contribution in [0.5, 0.6) is 0 Å². The van der Waals surface area contributed by atoms with Crippen molar-refractivity contribution >= 4 is 12.1 Å². The molecule has 0 saturated heterocycles. The number of carbonyl (C=O) groups is 1. The fourth-order valence-corrected chi connectivity index (χ4v) is 1.44. The molecule has 1 amide bonds. The number of aliphatic hydroxyl groups is 1. The van der Waals surface area contributed by atoms with E-state index in [-0.39, 0.29) is 6.61 Å². The van der Waals surface area contributed by atoms with Crippen molar-refractivity contribution in [1.29, 1.82) is 0 Å². The molecule has 0 radical (unpaired) electrons. The minimum atomic E-state index is 0.0264. The van der Waals surface area contributed by atoms with Gasteiger partial charge in [0.05, 0.1) is 12.3 Å². The first-order valence-corrected chi connectivity index (χ1v) is 5.50. The van der Waals surface area contributed by atoms with Gasteiger partial charge in [0.2, 0.25) is 6.41 Å². The van der Waals surface area contributed by atoms with E-state index in [1.807, 2.05) is 32.0 Å². The van der Waals surface area contributed by atoms with Gasteiger partial charge in [-0.3, -0.25) is 4.79 Å². The van der Waals surface area contributed by atoms with Crippen molar-refractivity contribution in [2.45, 2.75) is 20.5 Å². The molecule has 100 valence electrons. The van der Waals surface area contributed by atoms with Gasteiger partial charge in [0, 0.05) is 12.6 Å². The predicted octanol–water partition coefficient (Wildman–Crippen LogP) is 1.22. The lowest BCUT2D eigenvalue weighted by Gasteiger charge is -2.09. The Bertz CT molecular complexity index is 403. The van der Waals surface area contributed by atoms with Crippen LogP contribution in [-0.2, 0) is 16.2 Å². The van der Waals surface area contributed by atoms with Gasteiger partial charge in [-0.05, 0) is 25.0 Å². The van der Waals surface area contributed by atoms with Crippen molar-refractivity contribution in [3.63, 3.8) is 0 Å². The summed E-state index contributed by atoms with van der Waals surface area (Å²) in [5.74, 6) is 0. The quantitative estimate of drug-likeness (QED) is 0.481. The van der Waals surface area contributed by atoms with E-state index in [2.05, 4.69) is 10.5 Å². The maximum Gasteiger partial charge on any atom is 0.206 e. The second-order valence-corrected chi connectivity index (χ2v) is 3.52. The van der Waals surface area contributed by atoms with Crippen LogP contribution in [0, 0.1) is 6.92 Å². The SMILES string of the molecule is CNC=O.CO/N=C(/C)c1cccc(C)c1CO. The Morgan fingerprint density at radius 1 is 1.56 bits per heavy atom. The number of benzene rings is 1. The van der Waals surface area contributed by atoms with E-state index >= 15 is 0 Å². The van der Waals surface area contributed by atoms with Crippen molar-refractivity contribution in [2.24, 2.45) is 5.16 Å². The molecule has 0 aliphatic heterocycles. The minimum absolute atomic E-state index is 0.0264. The predicted molar refractivity (Wildman–Crippen MR) is 71.4 cm³/mol. The van der Waals surface area contributed by atoms with E-state index in [4.69, 9.17) is 9.63 Å². The van der Waals surface area contributed by atoms with Crippen LogP contribution in [0.2, 0.25) is 0 Å². The van der Waals surface area contributed by atoms with Crippen LogP contribution in [0.25, 0.3) is 0 Å². The Balaban J connectivity index is 0.000000631. The monoisotopic (exact) mass is 252 g/mol. The molecule has 18 heavy (non-hydrogen) atoms. The van der Waals surface area contributed by atoms with Gasteiger partial charge >= 0.3 is 0 Å². The van der Waals surface area contributed by atoms with Crippen LogP contribution in [-0.4, -0.2) is 31.4 Å². The van der Waals surface area contributed by atoms with Gasteiger partial charge < -0.3 is 15.3 Å². The first-order chi connectivity index (χ1) is 8.62. The summed E-state index contributed by atoms with van der Waals surface area (Å²) in [6, 6.07) is 5.84. The zero-order valence-corrected chi connectivity index (χ0v) is 11.2. The molecule has 1 aromatic rings. The summed E-state index contributed by atoms with van der Waals surface area (Å²) in [5.41, 5.74) is 3.69. The standard InChI is InChI=1S/C11H15NO2.C2H5NO/c1-8-5-4-6-10(11(8)7-13)9(2)12-14-3;1-3-2-4/h4-6,13H,7H2,1-3H3;2H,1H3,(H,3,4)/b12-9-;. The van der Waals surface area contributed by atoms with Crippen LogP contribution in [0.1, 0.15) is 23.6 Å². The maximum absolute atomic E-state index is 9.22. The normalized spacial score (nSPS) is 10.2. The molecule has 0 spiro atoms. The minimum Gasteiger partial charge on any atom is -0.399 e. The van der Waals surface area contributed by atoms with Gasteiger partial charge in [0.1, 0.15) is 7.11 Å². The molecule has 0 heterocycles. The van der Waals surface area contributed by atoms with Crippen molar-refractivity contribution in [3.8, 4) is 0 Å². The number of hydrogen-bond acceptors (Lipinski definition) is 4. The fourth-order valence-electron chi connectivity index (χ4n) is 1.44. The van der Waals surface area contributed by atoms with Gasteiger partial charge in [-0.2, -0.15) is 0 Å². The first-order valence-electron chi connectivity index (χ1n) is 5.50. The lowest BCUT2D eigenvalue weighted by Crippen LogP contribution is -2.03. The number of oxime groups is 1. The molecule has 0 aliphatic carbocycles. The van der Waals surface area contributed by atoms with Crippen molar-refractivity contribution < 1.29 is 14.7 Å². The fraction of sp³-hybridized carbons (Fsp3) is 0.385. The Labute approximate surface area is 107 Å². The largest absolute Gasteiger partial charge is 0.399 e. The molecule has 0 atom stereocenters. The van der Waals surface area contributed by atoms with Crippen LogP contribution in [0.3, 0.4) is 0 Å². The Morgan fingerprint density at radius 3 is 2.61 bits per heavy atom. The van der Waals surface area contributed by atoms with Crippen LogP contribution < -0.4 is 5.32 Å². The van der Waals surface area contributed by atoms with Gasteiger partial charge in [-0.15, -0.1) is 0 Å². The molecule has 5 heteroatoms. The number of nitrogens with one attached hydrogen (secondary N) is 1. The second-order valence-electron chi connectivity index (χ2n) is 3.52. The lowest BCUT2D eigenvalue weighted by atomic mass is 10.00. The Kier molecular flexibility index (Phi) is 8.22. The topological polar surface area (TPSA) is 70.9 Å². The van der Waals surface area contributed by atoms with E-state index in [9.17, 15) is 5.11 Å². The third-order valence-electron chi connectivity index (χ3n) is 2.30. The Hall–Kier alpha value is -1.88. The smallest absolute Gasteiger partial charge is 0.206 e. The number of carbonyl (C=O) groups excluding carboxylic acids is 1. The number of aliphatic hydroxyl groups excluding tert-OH is 1. The summed E-state index contributed by atoms with van der Waals surface area (Å²) in [4.78, 5) is 13.8. The summed E-state index contributed by atoms with van der Waals surface area (Å²) >= 11 is 0. The first kappa shape index (κ1) is 16.1. The number of amides is 1. The van der Waals surface area contributed by atoms with Gasteiger partial charge in [-0.25, -0.2) is 0 Å². The molecule has 2 N–H and O–H groups in total. The number of nitrogens with zero attached hydrogens (tertiary/aromatic N) is 1. The van der Waals surface area contributed by atoms with E-state index in [0.717, 1.165) is 22.4 Å². The van der Waals surface area contributed by atoms with Crippen molar-refractivity contribution in [2.75, 3.05) is 14.2 Å². The van der Waals surface area contributed by atoms with Crippen LogP contribution in [0.15, 0.2) is 23.4 Å². The van der Waals surface area contributed by atoms with Gasteiger partial charge in [0.25, 0.3) is 0 Å². The van der Waals surface area contributed by atoms with E-state index in [1.165, 1.54) is 7.11 Å². The average molecular weight is 252 g/mol. The molecule has 0 aromatic heterocycles. The summed E-state index contributed by atoms with van der Waals surface area (Å²) in [6.45, 7) is 3.85. The molecule has 0 saturated carbocycles. The molecular formula is C13H20N2O3. The highest BCUT2D eigenvalue weighted by atomic mass is 16.6. The number of hydrogen-bond donors (Lipinski definition) is 2. The summed E-state index contributed by atoms with van der Waals surface area (Å²) in [6.07, 6.45) is 0.625. The summed E-state index contributed by atoms with van der Waals surface area (Å²) < 4.78 is 0. The molecule has 0 aliphatic rings. The van der Waals surface area contributed by atoms with E-state index in [1.54, 1.807) is 7.05 Å². The number of aryl methyl sites for hydroxylation is 1. The van der Waals surface area contributed by atoms with Crippen LogP contribution >= 0.6 is 0 Å². The summed E-state index contributed by atoms with van der Waals surface area (Å²) in [5, 5.41) is 15.3. The average Bonchev–Trinajstić information content (AvgIpc) is 2.39. The highest BCUT2D eigenvalue weighted by molar-refractivity contribution is 5.99. The highest BCUT2D eigenvalue weighted by Gasteiger charge is 2.07. The third-order valence-corrected chi connectivity index (χ3v) is 2.30. The van der Waals surface area contributed by atoms with Crippen molar-refractivity contribution in [3.05, 3.63) is 34.9 Å². The third kappa shape index (κ3) is 4.97. The summed E-state index contributed by atoms with van der Waals surface area (Å²) in [7, 11) is 3.07. The molecule has 0 unspecified atom stereocenters.